The highest BCUT2D eigenvalue weighted by Crippen LogP contribution is 2.24. The summed E-state index contributed by atoms with van der Waals surface area (Å²) >= 11 is 0. The van der Waals surface area contributed by atoms with E-state index in [0.717, 1.165) is 31.1 Å². The fourth-order valence-electron chi connectivity index (χ4n) is 2.92. The number of hydrogen-bond acceptors (Lipinski definition) is 4. The van der Waals surface area contributed by atoms with E-state index < -0.39 is 0 Å². The quantitative estimate of drug-likeness (QED) is 0.746. The summed E-state index contributed by atoms with van der Waals surface area (Å²) in [7, 11) is 1.61. The van der Waals surface area contributed by atoms with Crippen molar-refractivity contribution >= 4 is 17.6 Å². The number of rotatable bonds is 8. The maximum Gasteiger partial charge on any atom is 0.315 e. The van der Waals surface area contributed by atoms with E-state index in [1.165, 1.54) is 0 Å². The Morgan fingerprint density at radius 3 is 2.56 bits per heavy atom. The molecule has 1 saturated heterocycles. The molecule has 0 aliphatic carbocycles. The molecule has 1 aliphatic rings. The van der Waals surface area contributed by atoms with Crippen molar-refractivity contribution in [1.29, 1.82) is 0 Å². The standard InChI is InChI=1S/C18H28N4O3/c1-4-21(5-2)11-10-19-18(24)20-14-12-17(23)22(13-14)15-6-8-16(25-3)9-7-15/h6-9,14H,4-5,10-13H2,1-3H3,(H2,19,20,24)/t14-/m0/s1. The van der Waals surface area contributed by atoms with Crippen LogP contribution in [0.1, 0.15) is 20.3 Å². The summed E-state index contributed by atoms with van der Waals surface area (Å²) in [5.74, 6) is 0.760. The van der Waals surface area contributed by atoms with Crippen LogP contribution >= 0.6 is 0 Å². The minimum absolute atomic E-state index is 0.0126. The Morgan fingerprint density at radius 1 is 1.28 bits per heavy atom. The number of anilines is 1. The lowest BCUT2D eigenvalue weighted by molar-refractivity contribution is -0.117. The Labute approximate surface area is 149 Å². The highest BCUT2D eigenvalue weighted by Gasteiger charge is 2.31. The van der Waals surface area contributed by atoms with Gasteiger partial charge in [-0.05, 0) is 37.4 Å². The predicted octanol–water partition coefficient (Wildman–Crippen LogP) is 1.44. The first-order valence-electron chi connectivity index (χ1n) is 8.78. The van der Waals surface area contributed by atoms with E-state index in [1.54, 1.807) is 12.0 Å². The van der Waals surface area contributed by atoms with Crippen molar-refractivity contribution in [1.82, 2.24) is 15.5 Å². The highest BCUT2D eigenvalue weighted by molar-refractivity contribution is 5.96. The largest absolute Gasteiger partial charge is 0.497 e. The number of ether oxygens (including phenoxy) is 1. The number of nitrogens with one attached hydrogen (secondary N) is 2. The number of likely N-dealkylation sites (N-methyl/N-ethyl adjacent to an activating group) is 1. The van der Waals surface area contributed by atoms with Gasteiger partial charge >= 0.3 is 6.03 Å². The second kappa shape index (κ2) is 9.27. The van der Waals surface area contributed by atoms with Gasteiger partial charge in [-0.15, -0.1) is 0 Å². The summed E-state index contributed by atoms with van der Waals surface area (Å²) in [5.41, 5.74) is 0.817. The van der Waals surface area contributed by atoms with Crippen LogP contribution in [0.25, 0.3) is 0 Å². The van der Waals surface area contributed by atoms with Gasteiger partial charge in [-0.2, -0.15) is 0 Å². The first-order valence-corrected chi connectivity index (χ1v) is 8.78. The molecular weight excluding hydrogens is 320 g/mol. The topological polar surface area (TPSA) is 73.9 Å². The molecule has 0 spiro atoms. The van der Waals surface area contributed by atoms with Crippen LogP contribution in [-0.4, -0.2) is 62.7 Å². The Hall–Kier alpha value is -2.28. The predicted molar refractivity (Wildman–Crippen MR) is 98.1 cm³/mol. The fourth-order valence-corrected chi connectivity index (χ4v) is 2.92. The van der Waals surface area contributed by atoms with E-state index in [0.29, 0.717) is 19.5 Å². The third kappa shape index (κ3) is 5.35. The second-order valence-corrected chi connectivity index (χ2v) is 6.03. The molecule has 2 N–H and O–H groups in total. The van der Waals surface area contributed by atoms with Crippen LogP contribution in [0, 0.1) is 0 Å². The minimum Gasteiger partial charge on any atom is -0.497 e. The normalized spacial score (nSPS) is 17.0. The van der Waals surface area contributed by atoms with Gasteiger partial charge in [0.1, 0.15) is 5.75 Å². The molecule has 0 aromatic heterocycles. The van der Waals surface area contributed by atoms with E-state index in [2.05, 4.69) is 29.4 Å². The third-order valence-electron chi connectivity index (χ3n) is 4.45. The van der Waals surface area contributed by atoms with Crippen LogP contribution in [0.3, 0.4) is 0 Å². The average molecular weight is 348 g/mol. The molecule has 0 bridgehead atoms. The van der Waals surface area contributed by atoms with E-state index in [1.807, 2.05) is 24.3 Å². The Kier molecular flexibility index (Phi) is 7.06. The van der Waals surface area contributed by atoms with Gasteiger partial charge in [-0.3, -0.25) is 4.79 Å². The van der Waals surface area contributed by atoms with Crippen molar-refractivity contribution in [3.05, 3.63) is 24.3 Å². The maximum absolute atomic E-state index is 12.2. The monoisotopic (exact) mass is 348 g/mol. The van der Waals surface area contributed by atoms with Gasteiger partial charge in [-0.25, -0.2) is 4.79 Å². The molecule has 7 nitrogen and oxygen atoms in total. The van der Waals surface area contributed by atoms with Crippen molar-refractivity contribution < 1.29 is 14.3 Å². The average Bonchev–Trinajstić information content (AvgIpc) is 2.99. The molecule has 3 amide bonds. The van der Waals surface area contributed by atoms with Crippen molar-refractivity contribution in [2.75, 3.05) is 44.7 Å². The molecule has 0 unspecified atom stereocenters. The Bertz CT molecular complexity index is 572. The summed E-state index contributed by atoms with van der Waals surface area (Å²) < 4.78 is 5.13. The smallest absolute Gasteiger partial charge is 0.315 e. The molecule has 1 aromatic rings. The van der Waals surface area contributed by atoms with Gasteiger partial charge in [0.05, 0.1) is 13.2 Å². The van der Waals surface area contributed by atoms with E-state index in [4.69, 9.17) is 4.74 Å². The maximum atomic E-state index is 12.2. The Balaban J connectivity index is 1.80. The molecule has 0 saturated carbocycles. The molecule has 1 heterocycles. The highest BCUT2D eigenvalue weighted by atomic mass is 16.5. The van der Waals surface area contributed by atoms with Crippen LogP contribution in [0.4, 0.5) is 10.5 Å². The number of carbonyl (C=O) groups is 2. The van der Waals surface area contributed by atoms with Gasteiger partial charge < -0.3 is 25.2 Å². The number of nitrogens with zero attached hydrogens (tertiary/aromatic N) is 2. The summed E-state index contributed by atoms with van der Waals surface area (Å²) in [6, 6.07) is 6.95. The molecule has 1 fully saturated rings. The molecule has 1 atom stereocenters. The molecular formula is C18H28N4O3. The van der Waals surface area contributed by atoms with Crippen molar-refractivity contribution in [3.63, 3.8) is 0 Å². The van der Waals surface area contributed by atoms with Gasteiger partial charge in [0.2, 0.25) is 5.91 Å². The van der Waals surface area contributed by atoms with E-state index in [-0.39, 0.29) is 18.0 Å². The number of carbonyl (C=O) groups excluding carboxylic acids is 2. The van der Waals surface area contributed by atoms with Crippen LogP contribution in [-0.2, 0) is 4.79 Å². The number of urea groups is 1. The number of amides is 3. The zero-order valence-corrected chi connectivity index (χ0v) is 15.2. The van der Waals surface area contributed by atoms with Crippen LogP contribution in [0.2, 0.25) is 0 Å². The number of hydrogen-bond donors (Lipinski definition) is 2. The SMILES string of the molecule is CCN(CC)CCNC(=O)N[C@H]1CC(=O)N(c2ccc(OC)cc2)C1. The minimum atomic E-state index is -0.221. The van der Waals surface area contributed by atoms with Gasteiger partial charge in [0, 0.05) is 31.7 Å². The van der Waals surface area contributed by atoms with Crippen molar-refractivity contribution in [3.8, 4) is 5.75 Å². The zero-order chi connectivity index (χ0) is 18.2. The van der Waals surface area contributed by atoms with Crippen LogP contribution in [0.5, 0.6) is 5.75 Å². The number of benzene rings is 1. The van der Waals surface area contributed by atoms with Crippen molar-refractivity contribution in [2.24, 2.45) is 0 Å². The molecule has 138 valence electrons. The van der Waals surface area contributed by atoms with Gasteiger partial charge in [0.25, 0.3) is 0 Å². The third-order valence-corrected chi connectivity index (χ3v) is 4.45. The molecule has 1 aromatic carbocycles. The summed E-state index contributed by atoms with van der Waals surface area (Å²) in [6.45, 7) is 8.03. The van der Waals surface area contributed by atoms with Crippen molar-refractivity contribution in [2.45, 2.75) is 26.3 Å². The first-order chi connectivity index (χ1) is 12.1. The molecule has 2 rings (SSSR count). The lowest BCUT2D eigenvalue weighted by atomic mass is 10.2. The molecule has 0 radical (unpaired) electrons. The fraction of sp³-hybridized carbons (Fsp3) is 0.556. The van der Waals surface area contributed by atoms with Gasteiger partial charge in [0.15, 0.2) is 0 Å². The van der Waals surface area contributed by atoms with E-state index in [9.17, 15) is 9.59 Å². The second-order valence-electron chi connectivity index (χ2n) is 6.03. The Morgan fingerprint density at radius 2 is 1.96 bits per heavy atom. The van der Waals surface area contributed by atoms with Crippen LogP contribution in [0.15, 0.2) is 24.3 Å². The van der Waals surface area contributed by atoms with Crippen LogP contribution < -0.4 is 20.3 Å². The first kappa shape index (κ1) is 19.1. The lowest BCUT2D eigenvalue weighted by Crippen LogP contribution is -2.45. The summed E-state index contributed by atoms with van der Waals surface area (Å²) in [4.78, 5) is 28.2. The lowest BCUT2D eigenvalue weighted by Gasteiger charge is -2.19. The summed E-state index contributed by atoms with van der Waals surface area (Å²) in [5, 5.41) is 5.74. The summed E-state index contributed by atoms with van der Waals surface area (Å²) in [6.07, 6.45) is 0.315. The molecule has 25 heavy (non-hydrogen) atoms. The zero-order valence-electron chi connectivity index (χ0n) is 15.2. The molecule has 7 heteroatoms. The number of methoxy groups -OCH3 is 1. The van der Waals surface area contributed by atoms with Gasteiger partial charge in [-0.1, -0.05) is 13.8 Å². The molecule has 1 aliphatic heterocycles. The van der Waals surface area contributed by atoms with E-state index >= 15 is 0 Å².